The number of hydrogen-bond acceptors (Lipinski definition) is 2. The number of carboxylic acid groups (broad SMARTS) is 1. The van der Waals surface area contributed by atoms with E-state index >= 15 is 0 Å². The van der Waals surface area contributed by atoms with Gasteiger partial charge in [0.1, 0.15) is 6.10 Å². The fraction of sp³-hybridized carbons (Fsp3) is 0.306. The summed E-state index contributed by atoms with van der Waals surface area (Å²) in [5, 5.41) is 19.5. The van der Waals surface area contributed by atoms with Crippen molar-refractivity contribution in [1.82, 2.24) is 0 Å². The Balaban J connectivity index is 0.000000218. The zero-order valence-electron chi connectivity index (χ0n) is 24.1. The second-order valence-electron chi connectivity index (χ2n) is 12.1. The molecule has 4 aromatic rings. The Kier molecular flexibility index (Phi) is 9.88. The smallest absolute Gasteiger partial charge is 0.304 e. The number of carbonyl (C=O) groups is 1. The summed E-state index contributed by atoms with van der Waals surface area (Å²) >= 11 is 0. The molecule has 0 spiro atoms. The Morgan fingerprint density at radius 2 is 0.897 bits per heavy atom. The van der Waals surface area contributed by atoms with Gasteiger partial charge in [-0.3, -0.25) is 4.79 Å². The third kappa shape index (κ3) is 8.66. The van der Waals surface area contributed by atoms with Crippen molar-refractivity contribution in [2.75, 3.05) is 0 Å². The minimum Gasteiger partial charge on any atom is -0.481 e. The lowest BCUT2D eigenvalue weighted by Crippen LogP contribution is -2.12. The minimum atomic E-state index is -0.774. The SMILES string of the molecule is CC(C)(C)c1ccc(C(CC(=O)O)c2ccccc2)cc1.CC(C)(C)c1ccc(C(O)c2ccccc2)cc1. The van der Waals surface area contributed by atoms with Crippen LogP contribution in [-0.2, 0) is 15.6 Å². The van der Waals surface area contributed by atoms with E-state index in [1.807, 2.05) is 72.8 Å². The maximum absolute atomic E-state index is 11.2. The van der Waals surface area contributed by atoms with Crippen LogP contribution in [0.4, 0.5) is 0 Å². The van der Waals surface area contributed by atoms with Crippen molar-refractivity contribution in [2.45, 2.75) is 70.8 Å². The summed E-state index contributed by atoms with van der Waals surface area (Å²) in [7, 11) is 0. The van der Waals surface area contributed by atoms with Crippen LogP contribution in [0.2, 0.25) is 0 Å². The molecule has 0 aromatic heterocycles. The Labute approximate surface area is 234 Å². The molecular weight excluding hydrogens is 480 g/mol. The van der Waals surface area contributed by atoms with E-state index in [2.05, 4.69) is 77.9 Å². The van der Waals surface area contributed by atoms with E-state index < -0.39 is 12.1 Å². The Bertz CT molecular complexity index is 1290. The first-order valence-electron chi connectivity index (χ1n) is 13.6. The first kappa shape index (κ1) is 29.9. The van der Waals surface area contributed by atoms with Crippen molar-refractivity contribution in [3.05, 3.63) is 143 Å². The number of benzene rings is 4. The highest BCUT2D eigenvalue weighted by Crippen LogP contribution is 2.30. The van der Waals surface area contributed by atoms with Crippen molar-refractivity contribution < 1.29 is 15.0 Å². The van der Waals surface area contributed by atoms with E-state index in [9.17, 15) is 15.0 Å². The Hall–Kier alpha value is -3.69. The second-order valence-corrected chi connectivity index (χ2v) is 12.1. The summed E-state index contributed by atoms with van der Waals surface area (Å²) in [4.78, 5) is 11.2. The normalized spacial score (nSPS) is 13.1. The van der Waals surface area contributed by atoms with Gasteiger partial charge in [-0.05, 0) is 44.2 Å². The summed E-state index contributed by atoms with van der Waals surface area (Å²) in [6, 6.07) is 36.1. The van der Waals surface area contributed by atoms with Crippen molar-refractivity contribution in [3.8, 4) is 0 Å². The maximum Gasteiger partial charge on any atom is 0.304 e. The molecule has 204 valence electrons. The first-order valence-corrected chi connectivity index (χ1v) is 13.6. The summed E-state index contributed by atoms with van der Waals surface area (Å²) in [6.07, 6.45) is -0.431. The van der Waals surface area contributed by atoms with E-state index in [0.29, 0.717) is 0 Å². The van der Waals surface area contributed by atoms with Gasteiger partial charge in [-0.15, -0.1) is 0 Å². The van der Waals surface area contributed by atoms with Crippen LogP contribution in [0, 0.1) is 0 Å². The number of hydrogen-bond donors (Lipinski definition) is 2. The van der Waals surface area contributed by atoms with Crippen molar-refractivity contribution >= 4 is 5.97 Å². The summed E-state index contributed by atoms with van der Waals surface area (Å²) in [5.74, 6) is -0.874. The van der Waals surface area contributed by atoms with Gasteiger partial charge in [0.15, 0.2) is 0 Å². The quantitative estimate of drug-likeness (QED) is 0.266. The van der Waals surface area contributed by atoms with Crippen LogP contribution >= 0.6 is 0 Å². The predicted molar refractivity (Wildman–Crippen MR) is 161 cm³/mol. The monoisotopic (exact) mass is 522 g/mol. The van der Waals surface area contributed by atoms with Crippen molar-refractivity contribution in [3.63, 3.8) is 0 Å². The summed E-state index contributed by atoms with van der Waals surface area (Å²) in [6.45, 7) is 13.1. The van der Waals surface area contributed by atoms with Gasteiger partial charge < -0.3 is 10.2 Å². The number of aliphatic carboxylic acids is 1. The molecule has 0 saturated carbocycles. The van der Waals surface area contributed by atoms with Crippen LogP contribution in [0.25, 0.3) is 0 Å². The zero-order chi connectivity index (χ0) is 28.6. The molecule has 0 aliphatic rings. The van der Waals surface area contributed by atoms with Crippen LogP contribution in [0.3, 0.4) is 0 Å². The lowest BCUT2D eigenvalue weighted by atomic mass is 9.83. The molecule has 0 radical (unpaired) electrons. The van der Waals surface area contributed by atoms with Crippen LogP contribution in [0.5, 0.6) is 0 Å². The Morgan fingerprint density at radius 3 is 1.28 bits per heavy atom. The van der Waals surface area contributed by atoms with Gasteiger partial charge in [-0.1, -0.05) is 151 Å². The van der Waals surface area contributed by atoms with E-state index in [1.54, 1.807) is 0 Å². The maximum atomic E-state index is 11.2. The second kappa shape index (κ2) is 12.9. The highest BCUT2D eigenvalue weighted by atomic mass is 16.4. The van der Waals surface area contributed by atoms with Gasteiger partial charge in [0.2, 0.25) is 0 Å². The summed E-state index contributed by atoms with van der Waals surface area (Å²) in [5.41, 5.74) is 6.76. The molecule has 0 amide bonds. The molecule has 0 heterocycles. The number of aliphatic hydroxyl groups excluding tert-OH is 1. The minimum absolute atomic E-state index is 0.0993. The van der Waals surface area contributed by atoms with Crippen molar-refractivity contribution in [2.24, 2.45) is 0 Å². The lowest BCUT2D eigenvalue weighted by molar-refractivity contribution is -0.137. The molecule has 0 fully saturated rings. The standard InChI is InChI=1S/C19H22O2.C17H20O/c1-19(2,3)16-11-9-15(10-12-16)17(13-18(20)21)14-7-5-4-6-8-14;1-17(2,3)15-11-9-14(10-12-15)16(18)13-7-5-4-6-8-13/h4-12,17H,13H2,1-3H3,(H,20,21);4-12,16,18H,1-3H3. The largest absolute Gasteiger partial charge is 0.481 e. The molecule has 2 N–H and O–H groups in total. The van der Waals surface area contributed by atoms with Gasteiger partial charge in [-0.2, -0.15) is 0 Å². The Morgan fingerprint density at radius 1 is 0.564 bits per heavy atom. The van der Waals surface area contributed by atoms with E-state index in [1.165, 1.54) is 11.1 Å². The molecule has 2 atom stereocenters. The molecule has 39 heavy (non-hydrogen) atoms. The van der Waals surface area contributed by atoms with Crippen LogP contribution in [-0.4, -0.2) is 16.2 Å². The zero-order valence-corrected chi connectivity index (χ0v) is 24.1. The van der Waals surface area contributed by atoms with Crippen LogP contribution in [0.15, 0.2) is 109 Å². The van der Waals surface area contributed by atoms with E-state index in [-0.39, 0.29) is 23.2 Å². The van der Waals surface area contributed by atoms with Gasteiger partial charge in [0, 0.05) is 5.92 Å². The molecule has 0 bridgehead atoms. The molecule has 3 nitrogen and oxygen atoms in total. The van der Waals surface area contributed by atoms with E-state index in [4.69, 9.17) is 0 Å². The topological polar surface area (TPSA) is 57.5 Å². The van der Waals surface area contributed by atoms with Gasteiger partial charge in [0.25, 0.3) is 0 Å². The number of rotatable bonds is 6. The molecular formula is C36H42O3. The van der Waals surface area contributed by atoms with Gasteiger partial charge in [-0.25, -0.2) is 0 Å². The average molecular weight is 523 g/mol. The third-order valence-corrected chi connectivity index (χ3v) is 6.97. The molecule has 2 unspecified atom stereocenters. The van der Waals surface area contributed by atoms with Crippen LogP contribution in [0.1, 0.15) is 93.4 Å². The fourth-order valence-corrected chi connectivity index (χ4v) is 4.50. The van der Waals surface area contributed by atoms with Gasteiger partial charge in [0.05, 0.1) is 6.42 Å². The predicted octanol–water partition coefficient (Wildman–Crippen LogP) is 8.66. The lowest BCUT2D eigenvalue weighted by Gasteiger charge is -2.21. The molecule has 0 aliphatic heterocycles. The third-order valence-electron chi connectivity index (χ3n) is 6.97. The average Bonchev–Trinajstić information content (AvgIpc) is 2.92. The fourth-order valence-electron chi connectivity index (χ4n) is 4.50. The molecule has 0 aliphatic carbocycles. The molecule has 4 aromatic carbocycles. The number of carboxylic acids is 1. The highest BCUT2D eigenvalue weighted by molar-refractivity contribution is 5.69. The molecule has 3 heteroatoms. The highest BCUT2D eigenvalue weighted by Gasteiger charge is 2.19. The van der Waals surface area contributed by atoms with Crippen LogP contribution < -0.4 is 0 Å². The summed E-state index contributed by atoms with van der Waals surface area (Å²) < 4.78 is 0. The van der Waals surface area contributed by atoms with Gasteiger partial charge >= 0.3 is 5.97 Å². The number of aliphatic hydroxyl groups is 1. The molecule has 4 rings (SSSR count). The van der Waals surface area contributed by atoms with E-state index in [0.717, 1.165) is 22.3 Å². The van der Waals surface area contributed by atoms with Crippen molar-refractivity contribution in [1.29, 1.82) is 0 Å². The first-order chi connectivity index (χ1) is 18.4. The molecule has 0 saturated heterocycles.